The van der Waals surface area contributed by atoms with Gasteiger partial charge in [0, 0.05) is 19.3 Å². The van der Waals surface area contributed by atoms with E-state index in [1.807, 2.05) is 13.8 Å². The molecule has 1 aliphatic heterocycles. The number of rotatable bonds is 8. The van der Waals surface area contributed by atoms with E-state index in [1.165, 1.54) is 0 Å². The maximum absolute atomic E-state index is 12.8. The topological polar surface area (TPSA) is 110 Å². The monoisotopic (exact) mass is 353 g/mol. The van der Waals surface area contributed by atoms with Crippen molar-refractivity contribution in [2.45, 2.75) is 65.3 Å². The predicted molar refractivity (Wildman–Crippen MR) is 94.4 cm³/mol. The van der Waals surface area contributed by atoms with Gasteiger partial charge in [-0.2, -0.15) is 0 Å². The van der Waals surface area contributed by atoms with Crippen molar-refractivity contribution < 1.29 is 19.2 Å². The van der Waals surface area contributed by atoms with Gasteiger partial charge in [-0.3, -0.25) is 24.1 Å². The van der Waals surface area contributed by atoms with Crippen LogP contribution in [0.3, 0.4) is 0 Å². The normalized spacial score (nSPS) is 19.4. The Hall–Kier alpha value is -1.76. The minimum absolute atomic E-state index is 0.0353. The van der Waals surface area contributed by atoms with Gasteiger partial charge in [-0.1, -0.05) is 20.8 Å². The van der Waals surface area contributed by atoms with Crippen molar-refractivity contribution in [3.8, 4) is 0 Å². The Kier molecular flexibility index (Phi) is 8.75. The lowest BCUT2D eigenvalue weighted by Gasteiger charge is -2.29. The van der Waals surface area contributed by atoms with Gasteiger partial charge in [-0.25, -0.2) is 0 Å². The molecule has 1 rings (SSSR count). The largest absolute Gasteiger partial charge is 0.370 e. The average molecular weight is 353 g/mol. The van der Waals surface area contributed by atoms with Crippen molar-refractivity contribution in [2.24, 2.45) is 17.6 Å². The lowest BCUT2D eigenvalue weighted by atomic mass is 9.99. The number of carbonyl (C=O) groups excluding carboxylic acids is 4. The molecule has 1 fully saturated rings. The average Bonchev–Trinajstić information content (AvgIpc) is 2.69. The lowest BCUT2D eigenvalue weighted by Crippen LogP contribution is -2.50. The maximum atomic E-state index is 12.8. The van der Waals surface area contributed by atoms with Gasteiger partial charge in [0.1, 0.15) is 0 Å². The Labute approximate surface area is 149 Å². The number of amides is 3. The first kappa shape index (κ1) is 21.3. The molecule has 25 heavy (non-hydrogen) atoms. The first-order chi connectivity index (χ1) is 11.7. The summed E-state index contributed by atoms with van der Waals surface area (Å²) in [6, 6.07) is -0.706. The molecular weight excluding hydrogens is 322 g/mol. The van der Waals surface area contributed by atoms with Crippen LogP contribution >= 0.6 is 0 Å². The van der Waals surface area contributed by atoms with Gasteiger partial charge in [0.25, 0.3) is 0 Å². The Morgan fingerprint density at radius 3 is 2.48 bits per heavy atom. The van der Waals surface area contributed by atoms with Crippen molar-refractivity contribution in [1.82, 2.24) is 10.2 Å². The number of nitrogens with two attached hydrogens (primary N) is 1. The zero-order valence-corrected chi connectivity index (χ0v) is 15.5. The SMILES string of the molecule is CC(C)CCC(=O)N(C(=O)C[C@@H](C)CC(N)=O)C1CCCNCC1=O. The van der Waals surface area contributed by atoms with E-state index < -0.39 is 11.9 Å². The number of nitrogens with one attached hydrogen (secondary N) is 1. The Morgan fingerprint density at radius 1 is 1.20 bits per heavy atom. The molecule has 0 aromatic heterocycles. The summed E-state index contributed by atoms with van der Waals surface area (Å²) in [7, 11) is 0. The highest BCUT2D eigenvalue weighted by molar-refractivity contribution is 6.01. The number of nitrogens with zero attached hydrogens (tertiary/aromatic N) is 1. The fourth-order valence-corrected chi connectivity index (χ4v) is 3.02. The molecule has 1 heterocycles. The molecule has 3 N–H and O–H groups in total. The minimum atomic E-state index is -0.706. The molecule has 7 heteroatoms. The van der Waals surface area contributed by atoms with Crippen molar-refractivity contribution in [1.29, 1.82) is 0 Å². The molecule has 0 bridgehead atoms. The molecule has 142 valence electrons. The Morgan fingerprint density at radius 2 is 1.88 bits per heavy atom. The minimum Gasteiger partial charge on any atom is -0.370 e. The van der Waals surface area contributed by atoms with Crippen LogP contribution in [0.1, 0.15) is 59.3 Å². The summed E-state index contributed by atoms with van der Waals surface area (Å²) in [5.74, 6) is -1.22. The first-order valence-corrected chi connectivity index (χ1v) is 9.09. The zero-order chi connectivity index (χ0) is 19.0. The van der Waals surface area contributed by atoms with E-state index in [9.17, 15) is 19.2 Å². The second kappa shape index (κ2) is 10.3. The smallest absolute Gasteiger partial charge is 0.230 e. The standard InChI is InChI=1S/C18H31N3O4/c1-12(2)6-7-17(24)21(14-5-4-8-20-11-15(14)22)18(25)10-13(3)9-16(19)23/h12-14,20H,4-11H2,1-3H3,(H2,19,23)/t13-,14?/m0/s1. The van der Waals surface area contributed by atoms with Crippen LogP contribution in [0.15, 0.2) is 0 Å². The van der Waals surface area contributed by atoms with Gasteiger partial charge in [0.15, 0.2) is 5.78 Å². The van der Waals surface area contributed by atoms with E-state index in [-0.39, 0.29) is 49.3 Å². The van der Waals surface area contributed by atoms with E-state index in [0.717, 1.165) is 11.3 Å². The van der Waals surface area contributed by atoms with Crippen molar-refractivity contribution >= 4 is 23.5 Å². The summed E-state index contributed by atoms with van der Waals surface area (Å²) >= 11 is 0. The van der Waals surface area contributed by atoms with Gasteiger partial charge in [-0.15, -0.1) is 0 Å². The quantitative estimate of drug-likeness (QED) is 0.676. The van der Waals surface area contributed by atoms with Gasteiger partial charge < -0.3 is 11.1 Å². The molecule has 1 unspecified atom stereocenters. The van der Waals surface area contributed by atoms with E-state index in [1.54, 1.807) is 6.92 Å². The second-order valence-corrected chi connectivity index (χ2v) is 7.37. The number of hydrogen-bond donors (Lipinski definition) is 2. The van der Waals surface area contributed by atoms with Crippen molar-refractivity contribution in [3.63, 3.8) is 0 Å². The third-order valence-electron chi connectivity index (χ3n) is 4.36. The molecule has 0 aromatic rings. The van der Waals surface area contributed by atoms with E-state index >= 15 is 0 Å². The molecule has 1 aliphatic rings. The van der Waals surface area contributed by atoms with Gasteiger partial charge in [0.2, 0.25) is 17.7 Å². The summed E-state index contributed by atoms with van der Waals surface area (Å²) in [6.07, 6.45) is 2.24. The zero-order valence-electron chi connectivity index (χ0n) is 15.5. The van der Waals surface area contributed by atoms with Gasteiger partial charge in [0.05, 0.1) is 12.6 Å². The summed E-state index contributed by atoms with van der Waals surface area (Å²) < 4.78 is 0. The molecule has 0 aliphatic carbocycles. The van der Waals surface area contributed by atoms with Crippen LogP contribution in [0, 0.1) is 11.8 Å². The maximum Gasteiger partial charge on any atom is 0.230 e. The van der Waals surface area contributed by atoms with Gasteiger partial charge in [-0.05, 0) is 37.6 Å². The lowest BCUT2D eigenvalue weighted by molar-refractivity contribution is -0.152. The fourth-order valence-electron chi connectivity index (χ4n) is 3.02. The fraction of sp³-hybridized carbons (Fsp3) is 0.778. The van der Waals surface area contributed by atoms with E-state index in [2.05, 4.69) is 5.32 Å². The molecule has 7 nitrogen and oxygen atoms in total. The van der Waals surface area contributed by atoms with Crippen LogP contribution in [-0.4, -0.2) is 47.5 Å². The molecule has 0 spiro atoms. The Bertz CT molecular complexity index is 505. The number of hydrogen-bond acceptors (Lipinski definition) is 5. The second-order valence-electron chi connectivity index (χ2n) is 7.37. The van der Waals surface area contributed by atoms with Crippen LogP contribution in [0.2, 0.25) is 0 Å². The van der Waals surface area contributed by atoms with Crippen molar-refractivity contribution in [3.05, 3.63) is 0 Å². The van der Waals surface area contributed by atoms with E-state index in [4.69, 9.17) is 5.73 Å². The van der Waals surface area contributed by atoms with Crippen LogP contribution in [0.5, 0.6) is 0 Å². The summed E-state index contributed by atoms with van der Waals surface area (Å²) in [5, 5.41) is 3.02. The molecule has 1 saturated heterocycles. The highest BCUT2D eigenvalue weighted by Gasteiger charge is 2.35. The highest BCUT2D eigenvalue weighted by Crippen LogP contribution is 2.19. The molecular formula is C18H31N3O4. The molecule has 0 aromatic carbocycles. The number of carbonyl (C=O) groups is 4. The summed E-state index contributed by atoms with van der Waals surface area (Å²) in [4.78, 5) is 50.0. The molecule has 3 amide bonds. The third kappa shape index (κ3) is 7.34. The molecule has 2 atom stereocenters. The number of Topliss-reactive ketones (excluding diaryl/α,β-unsaturated/α-hetero) is 1. The summed E-state index contributed by atoms with van der Waals surface area (Å²) in [6.45, 7) is 6.63. The predicted octanol–water partition coefficient (Wildman–Crippen LogP) is 1.00. The Balaban J connectivity index is 2.92. The van der Waals surface area contributed by atoms with Crippen LogP contribution in [-0.2, 0) is 19.2 Å². The first-order valence-electron chi connectivity index (χ1n) is 9.09. The van der Waals surface area contributed by atoms with Gasteiger partial charge >= 0.3 is 0 Å². The van der Waals surface area contributed by atoms with Crippen LogP contribution in [0.4, 0.5) is 0 Å². The number of imide groups is 1. The molecule has 0 radical (unpaired) electrons. The van der Waals surface area contributed by atoms with Crippen LogP contribution in [0.25, 0.3) is 0 Å². The third-order valence-corrected chi connectivity index (χ3v) is 4.36. The summed E-state index contributed by atoms with van der Waals surface area (Å²) in [5.41, 5.74) is 5.18. The van der Waals surface area contributed by atoms with Crippen molar-refractivity contribution in [2.75, 3.05) is 13.1 Å². The van der Waals surface area contributed by atoms with Crippen LogP contribution < -0.4 is 11.1 Å². The molecule has 0 saturated carbocycles. The highest BCUT2D eigenvalue weighted by atomic mass is 16.2. The number of ketones is 1. The number of primary amides is 1. The van der Waals surface area contributed by atoms with E-state index in [0.29, 0.717) is 25.3 Å².